The number of hydrogen-bond acceptors (Lipinski definition) is 3. The van der Waals surface area contributed by atoms with E-state index in [4.69, 9.17) is 0 Å². The van der Waals surface area contributed by atoms with Crippen molar-refractivity contribution < 1.29 is 13.9 Å². The first kappa shape index (κ1) is 13.0. The minimum absolute atomic E-state index is 0.239. The molecule has 4 nitrogen and oxygen atoms in total. The number of halogens is 1. The van der Waals surface area contributed by atoms with Crippen molar-refractivity contribution in [2.75, 3.05) is 7.11 Å². The molecule has 98 valence electrons. The fourth-order valence-corrected chi connectivity index (χ4v) is 1.68. The summed E-state index contributed by atoms with van der Waals surface area (Å²) >= 11 is 0. The molecule has 2 aromatic rings. The monoisotopic (exact) mass is 261 g/mol. The lowest BCUT2D eigenvalue weighted by Crippen LogP contribution is -2.21. The predicted octanol–water partition coefficient (Wildman–Crippen LogP) is 1.82. The van der Waals surface area contributed by atoms with Gasteiger partial charge in [-0.2, -0.15) is 0 Å². The summed E-state index contributed by atoms with van der Waals surface area (Å²) in [5, 5.41) is 0. The third kappa shape index (κ3) is 3.07. The van der Waals surface area contributed by atoms with Gasteiger partial charge in [0.25, 0.3) is 5.56 Å². The smallest absolute Gasteiger partial charge is 0.339 e. The Hall–Kier alpha value is -2.43. The predicted molar refractivity (Wildman–Crippen MR) is 67.5 cm³/mol. The van der Waals surface area contributed by atoms with E-state index < -0.39 is 5.97 Å². The molecule has 1 aromatic carbocycles. The quantitative estimate of drug-likeness (QED) is 0.792. The van der Waals surface area contributed by atoms with E-state index in [1.165, 1.54) is 42.1 Å². The molecule has 0 amide bonds. The zero-order chi connectivity index (χ0) is 13.8. The van der Waals surface area contributed by atoms with Crippen LogP contribution < -0.4 is 5.56 Å². The van der Waals surface area contributed by atoms with E-state index in [0.717, 1.165) is 5.56 Å². The highest BCUT2D eigenvalue weighted by molar-refractivity contribution is 5.88. The van der Waals surface area contributed by atoms with Crippen LogP contribution in [0.15, 0.2) is 47.4 Å². The highest BCUT2D eigenvalue weighted by atomic mass is 19.1. The van der Waals surface area contributed by atoms with Gasteiger partial charge in [-0.05, 0) is 23.8 Å². The van der Waals surface area contributed by atoms with Gasteiger partial charge in [0.2, 0.25) is 0 Å². The first-order valence-corrected chi connectivity index (χ1v) is 5.63. The van der Waals surface area contributed by atoms with Crippen LogP contribution in [0.5, 0.6) is 0 Å². The summed E-state index contributed by atoms with van der Waals surface area (Å²) < 4.78 is 18.8. The summed E-state index contributed by atoms with van der Waals surface area (Å²) in [6.07, 6.45) is 1.43. The maximum absolute atomic E-state index is 12.8. The number of carbonyl (C=O) groups excluding carboxylic acids is 1. The normalized spacial score (nSPS) is 10.2. The second-order valence-electron chi connectivity index (χ2n) is 4.00. The summed E-state index contributed by atoms with van der Waals surface area (Å²) in [4.78, 5) is 23.1. The lowest BCUT2D eigenvalue weighted by molar-refractivity contribution is 0.0599. The molecule has 1 aromatic heterocycles. The van der Waals surface area contributed by atoms with Crippen molar-refractivity contribution in [2.24, 2.45) is 0 Å². The first-order chi connectivity index (χ1) is 9.10. The van der Waals surface area contributed by atoms with Crippen LogP contribution in [0.1, 0.15) is 15.9 Å². The van der Waals surface area contributed by atoms with Crippen LogP contribution in [-0.4, -0.2) is 17.6 Å². The molecule has 0 unspecified atom stereocenters. The van der Waals surface area contributed by atoms with Crippen molar-refractivity contribution >= 4 is 5.97 Å². The van der Waals surface area contributed by atoms with Crippen molar-refractivity contribution in [2.45, 2.75) is 6.54 Å². The molecule has 0 bridgehead atoms. The van der Waals surface area contributed by atoms with Crippen molar-refractivity contribution in [1.82, 2.24) is 4.57 Å². The Balaban J connectivity index is 2.31. The topological polar surface area (TPSA) is 48.3 Å². The molecular formula is C14H12FNO3. The number of rotatable bonds is 3. The molecule has 0 N–H and O–H groups in total. The van der Waals surface area contributed by atoms with E-state index in [1.807, 2.05) is 0 Å². The zero-order valence-corrected chi connectivity index (χ0v) is 10.3. The van der Waals surface area contributed by atoms with Gasteiger partial charge in [-0.25, -0.2) is 9.18 Å². The third-order valence-corrected chi connectivity index (χ3v) is 2.67. The van der Waals surface area contributed by atoms with Crippen LogP contribution in [0.2, 0.25) is 0 Å². The first-order valence-electron chi connectivity index (χ1n) is 5.63. The highest BCUT2D eigenvalue weighted by Crippen LogP contribution is 2.05. The highest BCUT2D eigenvalue weighted by Gasteiger charge is 2.07. The summed E-state index contributed by atoms with van der Waals surface area (Å²) in [5.41, 5.74) is 0.826. The molecule has 0 spiro atoms. The number of esters is 1. The largest absolute Gasteiger partial charge is 0.465 e. The van der Waals surface area contributed by atoms with E-state index in [0.29, 0.717) is 5.56 Å². The Morgan fingerprint density at radius 1 is 1.21 bits per heavy atom. The second kappa shape index (κ2) is 5.48. The van der Waals surface area contributed by atoms with Crippen molar-refractivity contribution in [3.63, 3.8) is 0 Å². The molecular weight excluding hydrogens is 249 g/mol. The van der Waals surface area contributed by atoms with Gasteiger partial charge in [0.1, 0.15) is 5.82 Å². The lowest BCUT2D eigenvalue weighted by atomic mass is 10.2. The molecule has 2 rings (SSSR count). The molecule has 1 heterocycles. The van der Waals surface area contributed by atoms with Gasteiger partial charge in [-0.3, -0.25) is 4.79 Å². The molecule has 0 aliphatic heterocycles. The van der Waals surface area contributed by atoms with Crippen LogP contribution in [0.25, 0.3) is 0 Å². The molecule has 0 saturated heterocycles. The molecule has 0 fully saturated rings. The van der Waals surface area contributed by atoms with Gasteiger partial charge >= 0.3 is 5.97 Å². The molecule has 5 heteroatoms. The average molecular weight is 261 g/mol. The molecule has 0 saturated carbocycles. The van der Waals surface area contributed by atoms with Gasteiger partial charge in [-0.15, -0.1) is 0 Å². The molecule has 0 aliphatic carbocycles. The number of nitrogens with zero attached hydrogens (tertiary/aromatic N) is 1. The third-order valence-electron chi connectivity index (χ3n) is 2.67. The minimum Gasteiger partial charge on any atom is -0.465 e. The number of hydrogen-bond donors (Lipinski definition) is 0. The van der Waals surface area contributed by atoms with Crippen LogP contribution in [0, 0.1) is 5.82 Å². The maximum Gasteiger partial charge on any atom is 0.339 e. The van der Waals surface area contributed by atoms with Gasteiger partial charge in [0.05, 0.1) is 19.2 Å². The number of benzene rings is 1. The van der Waals surface area contributed by atoms with E-state index in [-0.39, 0.29) is 17.9 Å². The van der Waals surface area contributed by atoms with E-state index in [2.05, 4.69) is 4.74 Å². The van der Waals surface area contributed by atoms with Crippen molar-refractivity contribution in [3.8, 4) is 0 Å². The summed E-state index contributed by atoms with van der Waals surface area (Å²) in [7, 11) is 1.28. The van der Waals surface area contributed by atoms with Crippen molar-refractivity contribution in [3.05, 3.63) is 69.9 Å². The summed E-state index contributed by atoms with van der Waals surface area (Å²) in [6, 6.07) is 8.54. The molecule has 0 radical (unpaired) electrons. The SMILES string of the molecule is COC(=O)c1ccc(=O)n(Cc2ccc(F)cc2)c1. The van der Waals surface area contributed by atoms with Crippen LogP contribution in [0.3, 0.4) is 0 Å². The molecule has 0 aliphatic rings. The zero-order valence-electron chi connectivity index (χ0n) is 10.3. The summed E-state index contributed by atoms with van der Waals surface area (Å²) in [6.45, 7) is 0.268. The van der Waals surface area contributed by atoms with Gasteiger partial charge in [0.15, 0.2) is 0 Å². The fraction of sp³-hybridized carbons (Fsp3) is 0.143. The van der Waals surface area contributed by atoms with E-state index in [9.17, 15) is 14.0 Å². The Morgan fingerprint density at radius 3 is 2.53 bits per heavy atom. The van der Waals surface area contributed by atoms with Gasteiger partial charge < -0.3 is 9.30 Å². The van der Waals surface area contributed by atoms with Crippen LogP contribution >= 0.6 is 0 Å². The molecule has 19 heavy (non-hydrogen) atoms. The summed E-state index contributed by atoms with van der Waals surface area (Å²) in [5.74, 6) is -0.840. The average Bonchev–Trinajstić information content (AvgIpc) is 2.43. The van der Waals surface area contributed by atoms with Crippen LogP contribution in [0.4, 0.5) is 4.39 Å². The van der Waals surface area contributed by atoms with Gasteiger partial charge in [-0.1, -0.05) is 12.1 Å². The van der Waals surface area contributed by atoms with E-state index in [1.54, 1.807) is 12.1 Å². The number of aromatic nitrogens is 1. The minimum atomic E-state index is -0.507. The van der Waals surface area contributed by atoms with E-state index >= 15 is 0 Å². The number of pyridine rings is 1. The number of ether oxygens (including phenoxy) is 1. The second-order valence-corrected chi connectivity index (χ2v) is 4.00. The molecule has 0 atom stereocenters. The Morgan fingerprint density at radius 2 is 1.89 bits per heavy atom. The van der Waals surface area contributed by atoms with Crippen LogP contribution in [-0.2, 0) is 11.3 Å². The fourth-order valence-electron chi connectivity index (χ4n) is 1.68. The number of carbonyl (C=O) groups is 1. The van der Waals surface area contributed by atoms with Gasteiger partial charge in [0, 0.05) is 12.3 Å². The Bertz CT molecular complexity index is 646. The Kier molecular flexibility index (Phi) is 3.75. The Labute approximate surface area is 109 Å². The van der Waals surface area contributed by atoms with Crippen molar-refractivity contribution in [1.29, 1.82) is 0 Å². The number of methoxy groups -OCH3 is 1. The maximum atomic E-state index is 12.8. The standard InChI is InChI=1S/C14H12FNO3/c1-19-14(18)11-4-7-13(17)16(9-11)8-10-2-5-12(15)6-3-10/h2-7,9H,8H2,1H3. The lowest BCUT2D eigenvalue weighted by Gasteiger charge is -2.07.